The summed E-state index contributed by atoms with van der Waals surface area (Å²) in [5, 5.41) is 1.76. The van der Waals surface area contributed by atoms with Gasteiger partial charge in [-0.1, -0.05) is 17.7 Å². The molecule has 3 aromatic rings. The summed E-state index contributed by atoms with van der Waals surface area (Å²) in [5.74, 6) is 0.608. The molecule has 2 heterocycles. The van der Waals surface area contributed by atoms with Gasteiger partial charge in [0.2, 0.25) is 0 Å². The fourth-order valence-electron chi connectivity index (χ4n) is 3.43. The average molecular weight is 473 g/mol. The predicted octanol–water partition coefficient (Wildman–Crippen LogP) is 3.22. The van der Waals surface area contributed by atoms with Gasteiger partial charge in [0.25, 0.3) is 15.9 Å². The first kappa shape index (κ1) is 22.1. The molecular formula is C22H24N4O4S2. The highest BCUT2D eigenvalue weighted by Gasteiger charge is 2.25. The molecule has 10 heteroatoms. The van der Waals surface area contributed by atoms with Crippen LogP contribution in [0.4, 0.5) is 10.8 Å². The van der Waals surface area contributed by atoms with Gasteiger partial charge in [-0.05, 0) is 43.3 Å². The Hall–Kier alpha value is -3.11. The van der Waals surface area contributed by atoms with Crippen LogP contribution in [0.2, 0.25) is 0 Å². The van der Waals surface area contributed by atoms with E-state index in [-0.39, 0.29) is 21.6 Å². The van der Waals surface area contributed by atoms with E-state index >= 15 is 0 Å². The van der Waals surface area contributed by atoms with Gasteiger partial charge in [-0.2, -0.15) is 0 Å². The highest BCUT2D eigenvalue weighted by Crippen LogP contribution is 2.23. The summed E-state index contributed by atoms with van der Waals surface area (Å²) >= 11 is 1.10. The van der Waals surface area contributed by atoms with E-state index in [9.17, 15) is 13.2 Å². The highest BCUT2D eigenvalue weighted by atomic mass is 32.2. The molecule has 1 fully saturated rings. The molecule has 1 amide bonds. The van der Waals surface area contributed by atoms with Crippen molar-refractivity contribution in [3.05, 3.63) is 65.2 Å². The maximum atomic E-state index is 12.9. The van der Waals surface area contributed by atoms with Crippen molar-refractivity contribution < 1.29 is 17.9 Å². The van der Waals surface area contributed by atoms with Gasteiger partial charge < -0.3 is 14.5 Å². The second-order valence-corrected chi connectivity index (χ2v) is 9.97. The number of anilines is 2. The van der Waals surface area contributed by atoms with Crippen LogP contribution in [0.25, 0.3) is 0 Å². The number of sulfonamides is 1. The Morgan fingerprint density at radius 2 is 1.69 bits per heavy atom. The fourth-order valence-corrected chi connectivity index (χ4v) is 5.37. The number of carbonyl (C=O) groups excluding carboxylic acids is 1. The number of hydrogen-bond acceptors (Lipinski definition) is 7. The van der Waals surface area contributed by atoms with Gasteiger partial charge in [0, 0.05) is 37.2 Å². The van der Waals surface area contributed by atoms with Crippen molar-refractivity contribution in [2.45, 2.75) is 11.8 Å². The van der Waals surface area contributed by atoms with Gasteiger partial charge in [-0.15, -0.1) is 11.3 Å². The van der Waals surface area contributed by atoms with E-state index in [2.05, 4.69) is 14.6 Å². The van der Waals surface area contributed by atoms with Crippen LogP contribution in [-0.2, 0) is 10.0 Å². The first-order valence-electron chi connectivity index (χ1n) is 10.1. The predicted molar refractivity (Wildman–Crippen MR) is 125 cm³/mol. The molecule has 8 nitrogen and oxygen atoms in total. The highest BCUT2D eigenvalue weighted by molar-refractivity contribution is 7.93. The monoisotopic (exact) mass is 472 g/mol. The van der Waals surface area contributed by atoms with Gasteiger partial charge in [-0.25, -0.2) is 13.4 Å². The number of piperazine rings is 1. The molecular weight excluding hydrogens is 448 g/mol. The van der Waals surface area contributed by atoms with Crippen LogP contribution in [-0.4, -0.2) is 57.5 Å². The number of amides is 1. The Morgan fingerprint density at radius 3 is 2.31 bits per heavy atom. The average Bonchev–Trinajstić information content (AvgIpc) is 3.27. The summed E-state index contributed by atoms with van der Waals surface area (Å²) < 4.78 is 32.8. The number of aromatic nitrogens is 1. The molecule has 32 heavy (non-hydrogen) atoms. The molecule has 2 aromatic carbocycles. The van der Waals surface area contributed by atoms with E-state index in [1.165, 1.54) is 0 Å². The molecule has 0 bridgehead atoms. The van der Waals surface area contributed by atoms with Crippen LogP contribution in [0.5, 0.6) is 5.75 Å². The van der Waals surface area contributed by atoms with Crippen molar-refractivity contribution in [2.24, 2.45) is 0 Å². The van der Waals surface area contributed by atoms with Gasteiger partial charge in [0.15, 0.2) is 5.13 Å². The molecule has 1 aromatic heterocycles. The summed E-state index contributed by atoms with van der Waals surface area (Å²) in [6.45, 7) is 4.42. The SMILES string of the molecule is COc1ccc(N2CCN(C(=O)c3csc(NS(=O)(=O)c4ccc(C)cc4)n3)CC2)cc1. The van der Waals surface area contributed by atoms with Crippen molar-refractivity contribution in [1.29, 1.82) is 0 Å². The van der Waals surface area contributed by atoms with Crippen LogP contribution in [0.3, 0.4) is 0 Å². The van der Waals surface area contributed by atoms with E-state index in [1.54, 1.807) is 41.7 Å². The van der Waals surface area contributed by atoms with E-state index < -0.39 is 10.0 Å². The number of nitrogens with one attached hydrogen (secondary N) is 1. The zero-order valence-electron chi connectivity index (χ0n) is 17.8. The zero-order chi connectivity index (χ0) is 22.7. The molecule has 0 radical (unpaired) electrons. The Labute approximate surface area is 191 Å². The number of methoxy groups -OCH3 is 1. The Kier molecular flexibility index (Phi) is 6.33. The fraction of sp³-hybridized carbons (Fsp3) is 0.273. The Bertz CT molecular complexity index is 1180. The smallest absolute Gasteiger partial charge is 0.273 e. The van der Waals surface area contributed by atoms with E-state index in [0.717, 1.165) is 28.3 Å². The summed E-state index contributed by atoms with van der Waals surface area (Å²) in [6.07, 6.45) is 0. The van der Waals surface area contributed by atoms with E-state index in [4.69, 9.17) is 4.74 Å². The zero-order valence-corrected chi connectivity index (χ0v) is 19.4. The van der Waals surface area contributed by atoms with Crippen molar-refractivity contribution in [2.75, 3.05) is 42.9 Å². The largest absolute Gasteiger partial charge is 0.497 e. The number of benzene rings is 2. The number of ether oxygens (including phenoxy) is 1. The summed E-state index contributed by atoms with van der Waals surface area (Å²) in [5.41, 5.74) is 2.30. The Morgan fingerprint density at radius 1 is 1.03 bits per heavy atom. The van der Waals surface area contributed by atoms with Crippen molar-refractivity contribution in [1.82, 2.24) is 9.88 Å². The third-order valence-corrected chi connectivity index (χ3v) is 7.52. The van der Waals surface area contributed by atoms with Crippen LogP contribution < -0.4 is 14.4 Å². The third-order valence-electron chi connectivity index (χ3n) is 5.28. The lowest BCUT2D eigenvalue weighted by Gasteiger charge is -2.35. The normalized spacial score (nSPS) is 14.3. The lowest BCUT2D eigenvalue weighted by atomic mass is 10.2. The van der Waals surface area contributed by atoms with Crippen LogP contribution in [0.15, 0.2) is 58.8 Å². The maximum absolute atomic E-state index is 12.9. The number of hydrogen-bond donors (Lipinski definition) is 1. The number of rotatable bonds is 6. The molecule has 0 atom stereocenters. The van der Waals surface area contributed by atoms with Crippen molar-refractivity contribution >= 4 is 38.1 Å². The van der Waals surface area contributed by atoms with Gasteiger partial charge in [0.1, 0.15) is 11.4 Å². The molecule has 0 unspecified atom stereocenters. The summed E-state index contributed by atoms with van der Waals surface area (Å²) in [4.78, 5) is 21.2. The minimum Gasteiger partial charge on any atom is -0.497 e. The topological polar surface area (TPSA) is 91.8 Å². The number of thiazole rings is 1. The van der Waals surface area contributed by atoms with Crippen molar-refractivity contribution in [3.8, 4) is 5.75 Å². The second kappa shape index (κ2) is 9.17. The molecule has 0 saturated carbocycles. The maximum Gasteiger partial charge on any atom is 0.273 e. The van der Waals surface area contributed by atoms with Crippen LogP contribution in [0, 0.1) is 6.92 Å². The first-order valence-corrected chi connectivity index (χ1v) is 12.5. The van der Waals surface area contributed by atoms with E-state index in [0.29, 0.717) is 26.2 Å². The lowest BCUT2D eigenvalue weighted by Crippen LogP contribution is -2.48. The first-order chi connectivity index (χ1) is 15.4. The minimum atomic E-state index is -3.75. The Balaban J connectivity index is 1.37. The number of nitrogens with zero attached hydrogens (tertiary/aromatic N) is 3. The molecule has 1 saturated heterocycles. The molecule has 0 spiro atoms. The number of carbonyl (C=O) groups is 1. The third kappa shape index (κ3) is 4.86. The van der Waals surface area contributed by atoms with E-state index in [1.807, 2.05) is 31.2 Å². The minimum absolute atomic E-state index is 0.154. The summed E-state index contributed by atoms with van der Waals surface area (Å²) in [7, 11) is -2.12. The van der Waals surface area contributed by atoms with Crippen molar-refractivity contribution in [3.63, 3.8) is 0 Å². The van der Waals surface area contributed by atoms with Crippen LogP contribution >= 0.6 is 11.3 Å². The van der Waals surface area contributed by atoms with Gasteiger partial charge in [-0.3, -0.25) is 9.52 Å². The summed E-state index contributed by atoms with van der Waals surface area (Å²) in [6, 6.07) is 14.4. The molecule has 1 N–H and O–H groups in total. The molecule has 1 aliphatic rings. The molecule has 0 aliphatic carbocycles. The standard InChI is InChI=1S/C22H24N4O4S2/c1-16-3-9-19(10-4-16)32(28,29)24-22-23-20(15-31-22)21(27)26-13-11-25(12-14-26)17-5-7-18(30-2)8-6-17/h3-10,15H,11-14H2,1-2H3,(H,23,24). The molecule has 4 rings (SSSR count). The van der Waals surface area contributed by atoms with Crippen LogP contribution in [0.1, 0.15) is 16.1 Å². The molecule has 168 valence electrons. The van der Waals surface area contributed by atoms with Gasteiger partial charge >= 0.3 is 0 Å². The van der Waals surface area contributed by atoms with Gasteiger partial charge in [0.05, 0.1) is 12.0 Å². The molecule has 1 aliphatic heterocycles. The second-order valence-electron chi connectivity index (χ2n) is 7.43. The number of aryl methyl sites for hydroxylation is 1. The quantitative estimate of drug-likeness (QED) is 0.592. The lowest BCUT2D eigenvalue weighted by molar-refractivity contribution is 0.0742.